The maximum absolute atomic E-state index is 5.57. The van der Waals surface area contributed by atoms with Crippen molar-refractivity contribution in [2.75, 3.05) is 0 Å². The molecule has 0 saturated heterocycles. The zero-order chi connectivity index (χ0) is 6.69. The molecular formula is C6H8N2S. The Hall–Kier alpha value is -0.670. The molecule has 1 unspecified atom stereocenters. The lowest BCUT2D eigenvalue weighted by molar-refractivity contribution is 0.897. The Morgan fingerprint density at radius 1 is 1.89 bits per heavy atom. The first-order valence-corrected chi connectivity index (χ1v) is 3.50. The van der Waals surface area contributed by atoms with Crippen LogP contribution in [0.1, 0.15) is 11.0 Å². The zero-order valence-corrected chi connectivity index (χ0v) is 5.77. The van der Waals surface area contributed by atoms with Crippen molar-refractivity contribution < 1.29 is 0 Å². The Morgan fingerprint density at radius 2 is 2.67 bits per heavy atom. The maximum atomic E-state index is 5.57. The molecule has 2 nitrogen and oxygen atoms in total. The summed E-state index contributed by atoms with van der Waals surface area (Å²) < 4.78 is 0. The van der Waals surface area contributed by atoms with Crippen LogP contribution in [0, 0.1) is 0 Å². The van der Waals surface area contributed by atoms with Crippen molar-refractivity contribution in [3.63, 3.8) is 0 Å². The Bertz CT molecular complexity index is 181. The zero-order valence-electron chi connectivity index (χ0n) is 4.95. The summed E-state index contributed by atoms with van der Waals surface area (Å²) in [7, 11) is 0. The normalized spacial score (nSPS) is 13.0. The van der Waals surface area contributed by atoms with Crippen LogP contribution in [0.3, 0.4) is 0 Å². The van der Waals surface area contributed by atoms with Crippen LogP contribution < -0.4 is 5.73 Å². The second-order valence-electron chi connectivity index (χ2n) is 1.63. The largest absolute Gasteiger partial charge is 0.319 e. The highest BCUT2D eigenvalue weighted by molar-refractivity contribution is 7.09. The first kappa shape index (κ1) is 6.45. The fourth-order valence-electron chi connectivity index (χ4n) is 0.500. The summed E-state index contributed by atoms with van der Waals surface area (Å²) >= 11 is 1.55. The number of aromatic nitrogens is 1. The predicted molar refractivity (Wildman–Crippen MR) is 39.2 cm³/mol. The number of nitrogens with zero attached hydrogens (tertiary/aromatic N) is 1. The van der Waals surface area contributed by atoms with E-state index in [1.807, 2.05) is 5.38 Å². The molecule has 0 fully saturated rings. The maximum Gasteiger partial charge on any atom is 0.113 e. The molecule has 0 aliphatic heterocycles. The summed E-state index contributed by atoms with van der Waals surface area (Å²) in [6, 6.07) is -0.0926. The van der Waals surface area contributed by atoms with Gasteiger partial charge >= 0.3 is 0 Å². The van der Waals surface area contributed by atoms with Gasteiger partial charge in [0, 0.05) is 11.6 Å². The van der Waals surface area contributed by atoms with Gasteiger partial charge < -0.3 is 5.73 Å². The van der Waals surface area contributed by atoms with E-state index in [9.17, 15) is 0 Å². The molecule has 1 aromatic heterocycles. The van der Waals surface area contributed by atoms with E-state index in [1.54, 1.807) is 23.6 Å². The lowest BCUT2D eigenvalue weighted by Gasteiger charge is -1.97. The molecule has 1 rings (SSSR count). The molecule has 1 atom stereocenters. The molecule has 0 bridgehead atoms. The number of hydrogen-bond donors (Lipinski definition) is 1. The van der Waals surface area contributed by atoms with E-state index in [0.717, 1.165) is 5.01 Å². The molecule has 0 spiro atoms. The molecule has 0 amide bonds. The van der Waals surface area contributed by atoms with Crippen molar-refractivity contribution in [1.82, 2.24) is 4.98 Å². The Balaban J connectivity index is 2.76. The first-order chi connectivity index (χ1) is 4.34. The van der Waals surface area contributed by atoms with Gasteiger partial charge in [-0.05, 0) is 0 Å². The van der Waals surface area contributed by atoms with Crippen LogP contribution in [0.2, 0.25) is 0 Å². The van der Waals surface area contributed by atoms with E-state index < -0.39 is 0 Å². The van der Waals surface area contributed by atoms with E-state index in [4.69, 9.17) is 5.73 Å². The summed E-state index contributed by atoms with van der Waals surface area (Å²) in [6.07, 6.45) is 3.42. The van der Waals surface area contributed by atoms with Crippen LogP contribution >= 0.6 is 11.3 Å². The van der Waals surface area contributed by atoms with Crippen LogP contribution in [-0.4, -0.2) is 4.98 Å². The van der Waals surface area contributed by atoms with Crippen molar-refractivity contribution in [3.05, 3.63) is 29.2 Å². The average Bonchev–Trinajstić information content (AvgIpc) is 2.37. The van der Waals surface area contributed by atoms with Crippen molar-refractivity contribution in [2.45, 2.75) is 6.04 Å². The second kappa shape index (κ2) is 2.75. The topological polar surface area (TPSA) is 38.9 Å². The third kappa shape index (κ3) is 1.37. The van der Waals surface area contributed by atoms with Gasteiger partial charge in [0.05, 0.1) is 6.04 Å². The van der Waals surface area contributed by atoms with Crippen molar-refractivity contribution >= 4 is 11.3 Å². The SMILES string of the molecule is C=CC(N)c1nccs1. The van der Waals surface area contributed by atoms with Crippen molar-refractivity contribution in [2.24, 2.45) is 5.73 Å². The molecule has 2 N–H and O–H groups in total. The number of hydrogen-bond acceptors (Lipinski definition) is 3. The summed E-state index contributed by atoms with van der Waals surface area (Å²) in [4.78, 5) is 4.01. The summed E-state index contributed by atoms with van der Waals surface area (Å²) in [5, 5.41) is 2.82. The fraction of sp³-hybridized carbons (Fsp3) is 0.167. The Kier molecular flexibility index (Phi) is 1.97. The number of thiazole rings is 1. The molecular weight excluding hydrogens is 132 g/mol. The second-order valence-corrected chi connectivity index (χ2v) is 2.56. The smallest absolute Gasteiger partial charge is 0.113 e. The fourth-order valence-corrected chi connectivity index (χ4v) is 1.14. The lowest BCUT2D eigenvalue weighted by Crippen LogP contribution is -2.05. The average molecular weight is 140 g/mol. The van der Waals surface area contributed by atoms with Crippen LogP contribution in [0.25, 0.3) is 0 Å². The minimum absolute atomic E-state index is 0.0926. The number of nitrogens with two attached hydrogens (primary N) is 1. The molecule has 48 valence electrons. The highest BCUT2D eigenvalue weighted by Gasteiger charge is 2.00. The van der Waals surface area contributed by atoms with E-state index in [0.29, 0.717) is 0 Å². The van der Waals surface area contributed by atoms with Gasteiger partial charge in [-0.1, -0.05) is 6.08 Å². The highest BCUT2D eigenvalue weighted by Crippen LogP contribution is 2.12. The highest BCUT2D eigenvalue weighted by atomic mass is 32.1. The molecule has 1 aromatic rings. The first-order valence-electron chi connectivity index (χ1n) is 2.62. The molecule has 9 heavy (non-hydrogen) atoms. The quantitative estimate of drug-likeness (QED) is 0.629. The molecule has 0 radical (unpaired) electrons. The van der Waals surface area contributed by atoms with E-state index in [1.165, 1.54) is 0 Å². The van der Waals surface area contributed by atoms with Crippen LogP contribution in [0.15, 0.2) is 24.2 Å². The van der Waals surface area contributed by atoms with Crippen LogP contribution in [-0.2, 0) is 0 Å². The minimum atomic E-state index is -0.0926. The Morgan fingerprint density at radius 3 is 3.11 bits per heavy atom. The van der Waals surface area contributed by atoms with Gasteiger partial charge in [-0.2, -0.15) is 0 Å². The van der Waals surface area contributed by atoms with E-state index >= 15 is 0 Å². The van der Waals surface area contributed by atoms with Gasteiger partial charge in [0.1, 0.15) is 5.01 Å². The Labute approximate surface area is 58.0 Å². The van der Waals surface area contributed by atoms with Gasteiger partial charge in [0.25, 0.3) is 0 Å². The van der Waals surface area contributed by atoms with Gasteiger partial charge in [-0.15, -0.1) is 17.9 Å². The lowest BCUT2D eigenvalue weighted by atomic mass is 10.3. The summed E-state index contributed by atoms with van der Waals surface area (Å²) in [5.74, 6) is 0. The number of rotatable bonds is 2. The molecule has 3 heteroatoms. The van der Waals surface area contributed by atoms with Crippen LogP contribution in [0.5, 0.6) is 0 Å². The molecule has 1 heterocycles. The summed E-state index contributed by atoms with van der Waals surface area (Å²) in [5.41, 5.74) is 5.57. The monoisotopic (exact) mass is 140 g/mol. The molecule has 0 aliphatic carbocycles. The van der Waals surface area contributed by atoms with Crippen molar-refractivity contribution in [3.8, 4) is 0 Å². The molecule has 0 aliphatic rings. The minimum Gasteiger partial charge on any atom is -0.319 e. The molecule has 0 aromatic carbocycles. The standard InChI is InChI=1S/C6H8N2S/c1-2-5(7)6-8-3-4-9-6/h2-5H,1,7H2. The predicted octanol–water partition coefficient (Wildman–Crippen LogP) is 1.33. The van der Waals surface area contributed by atoms with Gasteiger partial charge in [-0.3, -0.25) is 0 Å². The molecule has 0 saturated carbocycles. The van der Waals surface area contributed by atoms with Gasteiger partial charge in [0.15, 0.2) is 0 Å². The van der Waals surface area contributed by atoms with Crippen LogP contribution in [0.4, 0.5) is 0 Å². The van der Waals surface area contributed by atoms with Crippen molar-refractivity contribution in [1.29, 1.82) is 0 Å². The van der Waals surface area contributed by atoms with Gasteiger partial charge in [0.2, 0.25) is 0 Å². The van der Waals surface area contributed by atoms with Gasteiger partial charge in [-0.25, -0.2) is 4.98 Å². The van der Waals surface area contributed by atoms with E-state index in [-0.39, 0.29) is 6.04 Å². The third-order valence-corrected chi connectivity index (χ3v) is 1.87. The third-order valence-electron chi connectivity index (χ3n) is 0.991. The summed E-state index contributed by atoms with van der Waals surface area (Å²) in [6.45, 7) is 3.56. The van der Waals surface area contributed by atoms with E-state index in [2.05, 4.69) is 11.6 Å².